The summed E-state index contributed by atoms with van der Waals surface area (Å²) in [5, 5.41) is 10.6. The maximum atomic E-state index is 8.94. The van der Waals surface area contributed by atoms with Crippen LogP contribution in [0.5, 0.6) is 0 Å². The third-order valence-corrected chi connectivity index (χ3v) is 1.61. The van der Waals surface area contributed by atoms with Gasteiger partial charge in [-0.3, -0.25) is 5.84 Å². The van der Waals surface area contributed by atoms with Crippen molar-refractivity contribution in [1.82, 2.24) is 5.01 Å². The molecule has 1 unspecified atom stereocenters. The normalized spacial score (nSPS) is 14.5. The molecule has 0 bridgehead atoms. The van der Waals surface area contributed by atoms with E-state index in [4.69, 9.17) is 10.9 Å². The van der Waals surface area contributed by atoms with Crippen LogP contribution in [0.25, 0.3) is 0 Å². The van der Waals surface area contributed by atoms with Crippen molar-refractivity contribution in [2.45, 2.75) is 20.3 Å². The lowest BCUT2D eigenvalue weighted by Crippen LogP contribution is -2.33. The second kappa shape index (κ2) is 5.52. The number of hydrazine groups is 1. The van der Waals surface area contributed by atoms with Gasteiger partial charge in [0.1, 0.15) is 0 Å². The maximum Gasteiger partial charge on any atom is 0.0472 e. The van der Waals surface area contributed by atoms with E-state index in [2.05, 4.69) is 13.8 Å². The van der Waals surface area contributed by atoms with Gasteiger partial charge in [-0.2, -0.15) is 0 Å². The van der Waals surface area contributed by atoms with Crippen molar-refractivity contribution in [2.75, 3.05) is 20.2 Å². The first-order chi connectivity index (χ1) is 5.06. The summed E-state index contributed by atoms with van der Waals surface area (Å²) >= 11 is 0. The van der Waals surface area contributed by atoms with Crippen LogP contribution < -0.4 is 5.84 Å². The molecule has 3 N–H and O–H groups in total. The lowest BCUT2D eigenvalue weighted by Gasteiger charge is -2.19. The Morgan fingerprint density at radius 3 is 2.27 bits per heavy atom. The van der Waals surface area contributed by atoms with E-state index in [9.17, 15) is 0 Å². The first-order valence-corrected chi connectivity index (χ1v) is 4.13. The minimum atomic E-state index is 0.236. The first-order valence-electron chi connectivity index (χ1n) is 4.13. The highest BCUT2D eigenvalue weighted by Crippen LogP contribution is 2.10. The second-order valence-corrected chi connectivity index (χ2v) is 3.62. The molecular formula is C8H20N2O. The zero-order chi connectivity index (χ0) is 8.85. The Balaban J connectivity index is 3.58. The molecule has 0 saturated heterocycles. The summed E-state index contributed by atoms with van der Waals surface area (Å²) in [5.74, 6) is 6.42. The number of rotatable bonds is 5. The van der Waals surface area contributed by atoms with Crippen LogP contribution >= 0.6 is 0 Å². The molecule has 0 aromatic heterocycles. The van der Waals surface area contributed by atoms with E-state index in [1.165, 1.54) is 0 Å². The van der Waals surface area contributed by atoms with Crippen molar-refractivity contribution in [3.05, 3.63) is 0 Å². The topological polar surface area (TPSA) is 49.5 Å². The molecule has 0 rings (SSSR count). The minimum Gasteiger partial charge on any atom is -0.396 e. The van der Waals surface area contributed by atoms with Gasteiger partial charge in [-0.05, 0) is 18.3 Å². The Morgan fingerprint density at radius 2 is 2.00 bits per heavy atom. The maximum absolute atomic E-state index is 8.94. The van der Waals surface area contributed by atoms with Gasteiger partial charge in [0.2, 0.25) is 0 Å². The molecule has 0 heterocycles. The largest absolute Gasteiger partial charge is 0.396 e. The molecule has 68 valence electrons. The molecule has 0 fully saturated rings. The smallest absolute Gasteiger partial charge is 0.0472 e. The van der Waals surface area contributed by atoms with Crippen LogP contribution in [0.3, 0.4) is 0 Å². The quantitative estimate of drug-likeness (QED) is 0.453. The Bertz CT molecular complexity index is 84.1. The van der Waals surface area contributed by atoms with Gasteiger partial charge in [0.15, 0.2) is 0 Å². The standard InChI is InChI=1S/C8H20N2O/c1-7(2)4-8(6-11)5-10(3)9/h7-8,11H,4-6,9H2,1-3H3. The third-order valence-electron chi connectivity index (χ3n) is 1.61. The predicted octanol–water partition coefficient (Wildman–Crippen LogP) is 0.447. The van der Waals surface area contributed by atoms with E-state index < -0.39 is 0 Å². The average Bonchev–Trinajstić information content (AvgIpc) is 1.84. The Morgan fingerprint density at radius 1 is 1.45 bits per heavy atom. The summed E-state index contributed by atoms with van der Waals surface area (Å²) in [6, 6.07) is 0. The number of aliphatic hydroxyl groups excluding tert-OH is 1. The van der Waals surface area contributed by atoms with Crippen molar-refractivity contribution in [3.8, 4) is 0 Å². The summed E-state index contributed by atoms with van der Waals surface area (Å²) in [5.41, 5.74) is 0. The molecule has 3 nitrogen and oxygen atoms in total. The highest BCUT2D eigenvalue weighted by Gasteiger charge is 2.10. The van der Waals surface area contributed by atoms with Crippen LogP contribution in [0.15, 0.2) is 0 Å². The average molecular weight is 160 g/mol. The molecular weight excluding hydrogens is 140 g/mol. The van der Waals surface area contributed by atoms with Gasteiger partial charge in [0, 0.05) is 20.2 Å². The Labute approximate surface area is 69.2 Å². The number of hydrogen-bond donors (Lipinski definition) is 2. The fourth-order valence-corrected chi connectivity index (χ4v) is 1.28. The zero-order valence-electron chi connectivity index (χ0n) is 7.75. The summed E-state index contributed by atoms with van der Waals surface area (Å²) in [7, 11) is 1.82. The first kappa shape index (κ1) is 10.9. The van der Waals surface area contributed by atoms with E-state index in [1.807, 2.05) is 7.05 Å². The summed E-state index contributed by atoms with van der Waals surface area (Å²) in [6.07, 6.45) is 1.04. The molecule has 0 saturated carbocycles. The number of aliphatic hydroxyl groups is 1. The van der Waals surface area contributed by atoms with Crippen molar-refractivity contribution in [1.29, 1.82) is 0 Å². The molecule has 3 heteroatoms. The van der Waals surface area contributed by atoms with Crippen molar-refractivity contribution in [2.24, 2.45) is 17.7 Å². The molecule has 0 spiro atoms. The summed E-state index contributed by atoms with van der Waals surface area (Å²) in [6.45, 7) is 5.31. The van der Waals surface area contributed by atoms with Crippen LogP contribution in [0.2, 0.25) is 0 Å². The van der Waals surface area contributed by atoms with Gasteiger partial charge in [-0.25, -0.2) is 5.01 Å². The molecule has 11 heavy (non-hydrogen) atoms. The summed E-state index contributed by atoms with van der Waals surface area (Å²) in [4.78, 5) is 0. The molecule has 0 aliphatic carbocycles. The zero-order valence-corrected chi connectivity index (χ0v) is 7.75. The van der Waals surface area contributed by atoms with Gasteiger partial charge >= 0.3 is 0 Å². The highest BCUT2D eigenvalue weighted by atomic mass is 16.3. The van der Waals surface area contributed by atoms with E-state index in [0.717, 1.165) is 13.0 Å². The fourth-order valence-electron chi connectivity index (χ4n) is 1.28. The van der Waals surface area contributed by atoms with E-state index in [1.54, 1.807) is 5.01 Å². The van der Waals surface area contributed by atoms with E-state index >= 15 is 0 Å². The molecule has 0 amide bonds. The number of nitrogens with two attached hydrogens (primary N) is 1. The van der Waals surface area contributed by atoms with Crippen LogP contribution in [0, 0.1) is 11.8 Å². The number of hydrogen-bond acceptors (Lipinski definition) is 3. The Kier molecular flexibility index (Phi) is 5.46. The number of nitrogens with zero attached hydrogens (tertiary/aromatic N) is 1. The fraction of sp³-hybridized carbons (Fsp3) is 1.00. The van der Waals surface area contributed by atoms with E-state index in [0.29, 0.717) is 11.8 Å². The predicted molar refractivity (Wildman–Crippen MR) is 46.8 cm³/mol. The SMILES string of the molecule is CC(C)CC(CO)CN(C)N. The van der Waals surface area contributed by atoms with Crippen LogP contribution in [0.1, 0.15) is 20.3 Å². The second-order valence-electron chi connectivity index (χ2n) is 3.62. The van der Waals surface area contributed by atoms with Crippen LogP contribution in [0.4, 0.5) is 0 Å². The minimum absolute atomic E-state index is 0.236. The van der Waals surface area contributed by atoms with Gasteiger partial charge < -0.3 is 5.11 Å². The molecule has 0 aliphatic heterocycles. The van der Waals surface area contributed by atoms with Crippen molar-refractivity contribution < 1.29 is 5.11 Å². The van der Waals surface area contributed by atoms with Crippen LogP contribution in [-0.4, -0.2) is 30.3 Å². The molecule has 0 aromatic carbocycles. The van der Waals surface area contributed by atoms with Crippen molar-refractivity contribution in [3.63, 3.8) is 0 Å². The lowest BCUT2D eigenvalue weighted by atomic mass is 9.98. The van der Waals surface area contributed by atoms with Gasteiger partial charge in [0.25, 0.3) is 0 Å². The van der Waals surface area contributed by atoms with Crippen molar-refractivity contribution >= 4 is 0 Å². The summed E-state index contributed by atoms with van der Waals surface area (Å²) < 4.78 is 0. The van der Waals surface area contributed by atoms with Crippen LogP contribution in [-0.2, 0) is 0 Å². The van der Waals surface area contributed by atoms with E-state index in [-0.39, 0.29) is 6.61 Å². The van der Waals surface area contributed by atoms with Gasteiger partial charge in [-0.15, -0.1) is 0 Å². The van der Waals surface area contributed by atoms with Gasteiger partial charge in [-0.1, -0.05) is 13.8 Å². The lowest BCUT2D eigenvalue weighted by molar-refractivity contribution is 0.163. The Hall–Kier alpha value is -0.120. The monoisotopic (exact) mass is 160 g/mol. The molecule has 0 aliphatic rings. The molecule has 0 aromatic rings. The third kappa shape index (κ3) is 6.28. The highest BCUT2D eigenvalue weighted by molar-refractivity contribution is 4.61. The molecule has 1 atom stereocenters. The molecule has 0 radical (unpaired) electrons. The van der Waals surface area contributed by atoms with Gasteiger partial charge in [0.05, 0.1) is 0 Å².